The lowest BCUT2D eigenvalue weighted by Gasteiger charge is -2.30. The summed E-state index contributed by atoms with van der Waals surface area (Å²) in [7, 11) is 1.14. The summed E-state index contributed by atoms with van der Waals surface area (Å²) in [6.45, 7) is 6.66. The predicted molar refractivity (Wildman–Crippen MR) is 293 cm³/mol. The Hall–Kier alpha value is -2.81. The maximum atomic E-state index is 13.5. The molecular formula is C59H105N2O7P. The second-order valence-corrected chi connectivity index (χ2v) is 21.1. The molecule has 1 amide bonds. The summed E-state index contributed by atoms with van der Waals surface area (Å²) in [6.07, 6.45) is 62.6. The van der Waals surface area contributed by atoms with Gasteiger partial charge in [0.2, 0.25) is 5.91 Å². The zero-order chi connectivity index (χ0) is 50.8. The first-order valence-corrected chi connectivity index (χ1v) is 29.4. The van der Waals surface area contributed by atoms with Crippen molar-refractivity contribution >= 4 is 19.7 Å². The van der Waals surface area contributed by atoms with Crippen LogP contribution in [0.5, 0.6) is 0 Å². The molecule has 1 N–H and O–H groups in total. The number of hydrogen-bond acceptors (Lipinski definition) is 7. The minimum atomic E-state index is -4.71. The summed E-state index contributed by atoms with van der Waals surface area (Å²) < 4.78 is 30.1. The van der Waals surface area contributed by atoms with Gasteiger partial charge in [0.25, 0.3) is 7.82 Å². The lowest BCUT2D eigenvalue weighted by atomic mass is 10.1. The monoisotopic (exact) mass is 985 g/mol. The number of likely N-dealkylation sites (N-methyl/N-ethyl adjacent to an activating group) is 1. The Morgan fingerprint density at radius 1 is 0.522 bits per heavy atom. The summed E-state index contributed by atoms with van der Waals surface area (Å²) in [6, 6.07) is -0.914. The van der Waals surface area contributed by atoms with Gasteiger partial charge in [0.1, 0.15) is 19.3 Å². The molecule has 0 rings (SSSR count). The maximum Gasteiger partial charge on any atom is 0.306 e. The van der Waals surface area contributed by atoms with Gasteiger partial charge in [0.15, 0.2) is 0 Å². The molecule has 398 valence electrons. The topological polar surface area (TPSA) is 114 Å². The highest BCUT2D eigenvalue weighted by Gasteiger charge is 2.27. The highest BCUT2D eigenvalue weighted by atomic mass is 31.2. The molecule has 0 saturated heterocycles. The van der Waals surface area contributed by atoms with E-state index in [0.29, 0.717) is 23.9 Å². The highest BCUT2D eigenvalue weighted by Crippen LogP contribution is 2.38. The summed E-state index contributed by atoms with van der Waals surface area (Å²) >= 11 is 0. The normalized spacial score (nSPS) is 14.5. The van der Waals surface area contributed by atoms with E-state index in [-0.39, 0.29) is 31.3 Å². The average molecular weight is 985 g/mol. The number of rotatable bonds is 49. The number of hydrogen-bond donors (Lipinski definition) is 1. The van der Waals surface area contributed by atoms with Gasteiger partial charge in [-0.25, -0.2) is 0 Å². The van der Waals surface area contributed by atoms with Crippen LogP contribution in [0.15, 0.2) is 85.1 Å². The van der Waals surface area contributed by atoms with Gasteiger partial charge in [-0.2, -0.15) is 0 Å². The van der Waals surface area contributed by atoms with Gasteiger partial charge in [-0.15, -0.1) is 0 Å². The predicted octanol–water partition coefficient (Wildman–Crippen LogP) is 16.0. The van der Waals surface area contributed by atoms with Crippen molar-refractivity contribution in [2.75, 3.05) is 40.9 Å². The number of phosphoric acid groups is 1. The Balaban J connectivity index is 5.42. The first-order valence-electron chi connectivity index (χ1n) is 27.9. The van der Waals surface area contributed by atoms with Crippen molar-refractivity contribution in [1.82, 2.24) is 5.32 Å². The number of carbonyl (C=O) groups is 2. The molecule has 0 aromatic rings. The molecule has 0 fully saturated rings. The molecule has 0 aliphatic heterocycles. The first kappa shape index (κ1) is 66.2. The van der Waals surface area contributed by atoms with Gasteiger partial charge in [0, 0.05) is 12.8 Å². The molecule has 0 aliphatic rings. The van der Waals surface area contributed by atoms with Gasteiger partial charge >= 0.3 is 5.97 Å². The third-order valence-corrected chi connectivity index (χ3v) is 12.8. The van der Waals surface area contributed by atoms with Crippen LogP contribution in [-0.2, 0) is 27.9 Å². The molecule has 0 spiro atoms. The van der Waals surface area contributed by atoms with E-state index in [9.17, 15) is 19.0 Å². The van der Waals surface area contributed by atoms with Crippen LogP contribution in [-0.4, -0.2) is 69.4 Å². The first-order chi connectivity index (χ1) is 33.4. The third-order valence-electron chi connectivity index (χ3n) is 11.8. The SMILES string of the molecule is CC/C=C\C/C=C\C/C=C\C/C=C\C/C=C\CCCCCC(=O)NC(COP(=O)([O-])OCC[N+](C)(C)C)C(/C=C\CCCCCCCCCCC)OC(=O)CCCCC/C=C\CCCCCCCC. The molecule has 0 aromatic carbocycles. The minimum Gasteiger partial charge on any atom is -0.756 e. The number of amides is 1. The fraction of sp³-hybridized carbons (Fsp3) is 0.729. The largest absolute Gasteiger partial charge is 0.756 e. The van der Waals surface area contributed by atoms with E-state index >= 15 is 0 Å². The number of phosphoric ester groups is 1. The number of ether oxygens (including phenoxy) is 1. The molecule has 10 heteroatoms. The Labute approximate surface area is 425 Å². The quantitative estimate of drug-likeness (QED) is 0.0212. The van der Waals surface area contributed by atoms with Gasteiger partial charge in [-0.05, 0) is 102 Å². The van der Waals surface area contributed by atoms with Gasteiger partial charge in [0.05, 0.1) is 33.8 Å². The second kappa shape index (κ2) is 48.8. The Morgan fingerprint density at radius 3 is 1.41 bits per heavy atom. The standard InChI is InChI=1S/C59H105N2O7P/c1-7-10-13-16-19-22-25-27-28-29-30-31-32-34-36-39-42-45-48-51-58(62)60-56(55-67-69(64,65)66-54-53-61(4,5)6)57(50-47-44-41-38-35-24-21-18-15-12-9-3)68-59(63)52-49-46-43-40-37-33-26-23-20-17-14-11-8-2/h10,13,19,22,27-28,30-31,33-34,36-37,47,50,56-57H,7-9,11-12,14-18,20-21,23-26,29,32,35,38-46,48-49,51-55H2,1-6H3,(H-,60,62,64,65)/b13-10-,22-19-,28-27-,31-30-,36-34-,37-33-,50-47-. The van der Waals surface area contributed by atoms with E-state index in [2.05, 4.69) is 99.0 Å². The molecule has 0 aliphatic carbocycles. The van der Waals surface area contributed by atoms with E-state index < -0.39 is 26.6 Å². The van der Waals surface area contributed by atoms with Crippen LogP contribution < -0.4 is 10.2 Å². The van der Waals surface area contributed by atoms with Crippen molar-refractivity contribution in [1.29, 1.82) is 0 Å². The molecule has 9 nitrogen and oxygen atoms in total. The number of esters is 1. The van der Waals surface area contributed by atoms with Gasteiger partial charge < -0.3 is 28.5 Å². The van der Waals surface area contributed by atoms with E-state index in [4.69, 9.17) is 13.8 Å². The molecule has 0 radical (unpaired) electrons. The zero-order valence-electron chi connectivity index (χ0n) is 45.2. The molecule has 0 aromatic heterocycles. The maximum absolute atomic E-state index is 13.5. The van der Waals surface area contributed by atoms with E-state index in [1.54, 1.807) is 0 Å². The smallest absolute Gasteiger partial charge is 0.306 e. The van der Waals surface area contributed by atoms with Crippen LogP contribution in [0.1, 0.15) is 226 Å². The number of nitrogens with one attached hydrogen (secondary N) is 1. The fourth-order valence-corrected chi connectivity index (χ4v) is 8.20. The number of carbonyl (C=O) groups excluding carboxylic acids is 2. The molecule has 0 bridgehead atoms. The van der Waals surface area contributed by atoms with Crippen LogP contribution in [0.3, 0.4) is 0 Å². The molecule has 3 unspecified atom stereocenters. The lowest BCUT2D eigenvalue weighted by Crippen LogP contribution is -2.47. The minimum absolute atomic E-state index is 0.0348. The van der Waals surface area contributed by atoms with Crippen molar-refractivity contribution in [3.8, 4) is 0 Å². The number of allylic oxidation sites excluding steroid dienone is 13. The molecule has 3 atom stereocenters. The number of unbranched alkanes of at least 4 members (excludes halogenated alkanes) is 21. The number of nitrogens with zero attached hydrogens (tertiary/aromatic N) is 1. The summed E-state index contributed by atoms with van der Waals surface area (Å²) in [5, 5.41) is 2.99. The molecule has 69 heavy (non-hydrogen) atoms. The molecular weight excluding hydrogens is 880 g/mol. The Morgan fingerprint density at radius 2 is 0.928 bits per heavy atom. The fourth-order valence-electron chi connectivity index (χ4n) is 7.48. The van der Waals surface area contributed by atoms with Crippen molar-refractivity contribution in [3.63, 3.8) is 0 Å². The summed E-state index contributed by atoms with van der Waals surface area (Å²) in [5.74, 6) is -0.603. The van der Waals surface area contributed by atoms with Crippen molar-refractivity contribution in [3.05, 3.63) is 85.1 Å². The Kier molecular flexibility index (Phi) is 46.8. The van der Waals surface area contributed by atoms with Gasteiger partial charge in [-0.1, -0.05) is 196 Å². The number of quaternary nitrogens is 1. The van der Waals surface area contributed by atoms with Gasteiger partial charge in [-0.3, -0.25) is 14.2 Å². The van der Waals surface area contributed by atoms with Crippen LogP contribution in [0.25, 0.3) is 0 Å². The van der Waals surface area contributed by atoms with E-state index in [1.165, 1.54) is 83.5 Å². The van der Waals surface area contributed by atoms with Crippen LogP contribution >= 0.6 is 7.82 Å². The van der Waals surface area contributed by atoms with Crippen LogP contribution in [0, 0.1) is 0 Å². The van der Waals surface area contributed by atoms with E-state index in [1.807, 2.05) is 33.3 Å². The summed E-state index contributed by atoms with van der Waals surface area (Å²) in [4.78, 5) is 39.8. The molecule has 0 heterocycles. The zero-order valence-corrected chi connectivity index (χ0v) is 46.1. The highest BCUT2D eigenvalue weighted by molar-refractivity contribution is 7.45. The third kappa shape index (κ3) is 49.9. The van der Waals surface area contributed by atoms with E-state index in [0.717, 1.165) is 96.3 Å². The molecule has 0 saturated carbocycles. The second-order valence-electron chi connectivity index (χ2n) is 19.7. The Bertz CT molecular complexity index is 1460. The van der Waals surface area contributed by atoms with Crippen molar-refractivity contribution < 1.29 is 37.3 Å². The van der Waals surface area contributed by atoms with Crippen LogP contribution in [0.4, 0.5) is 0 Å². The summed E-state index contributed by atoms with van der Waals surface area (Å²) in [5.41, 5.74) is 0. The van der Waals surface area contributed by atoms with Crippen LogP contribution in [0.2, 0.25) is 0 Å². The van der Waals surface area contributed by atoms with Crippen molar-refractivity contribution in [2.45, 2.75) is 238 Å². The lowest BCUT2D eigenvalue weighted by molar-refractivity contribution is -0.870. The average Bonchev–Trinajstić information content (AvgIpc) is 3.31. The van der Waals surface area contributed by atoms with Crippen molar-refractivity contribution in [2.24, 2.45) is 0 Å².